The Bertz CT molecular complexity index is 741. The lowest BCUT2D eigenvalue weighted by Gasteiger charge is -2.24. The van der Waals surface area contributed by atoms with Crippen molar-refractivity contribution in [1.82, 2.24) is 4.90 Å². The number of thioether (sulfide) groups is 1. The summed E-state index contributed by atoms with van der Waals surface area (Å²) in [5, 5.41) is 2.23. The van der Waals surface area contributed by atoms with Crippen molar-refractivity contribution in [1.29, 1.82) is 0 Å². The lowest BCUT2D eigenvalue weighted by atomic mass is 10.2. The molecule has 3 nitrogen and oxygen atoms in total. The average Bonchev–Trinajstić information content (AvgIpc) is 3.00. The van der Waals surface area contributed by atoms with Crippen LogP contribution in [-0.4, -0.2) is 23.2 Å². The second-order valence-corrected chi connectivity index (χ2v) is 6.22. The second-order valence-electron chi connectivity index (χ2n) is 5.03. The van der Waals surface area contributed by atoms with E-state index in [0.717, 1.165) is 12.1 Å². The molecule has 0 aliphatic carbocycles. The molecule has 1 fully saturated rings. The first-order chi connectivity index (χ1) is 11.0. The van der Waals surface area contributed by atoms with Gasteiger partial charge in [0.2, 0.25) is 0 Å². The van der Waals surface area contributed by atoms with Crippen molar-refractivity contribution < 1.29 is 18.0 Å². The fraction of sp³-hybridized carbons (Fsp3) is 0.188. The highest BCUT2D eigenvalue weighted by Crippen LogP contribution is 2.38. The fourth-order valence-corrected chi connectivity index (χ4v) is 3.63. The maximum Gasteiger partial charge on any atom is 0.323 e. The topological polar surface area (TPSA) is 32.3 Å². The van der Waals surface area contributed by atoms with Crippen molar-refractivity contribution in [2.24, 2.45) is 0 Å². The number of nitrogens with zero attached hydrogens (tertiary/aromatic N) is 1. The summed E-state index contributed by atoms with van der Waals surface area (Å²) in [5.74, 6) is -1.65. The number of benzene rings is 2. The number of anilines is 1. The monoisotopic (exact) mass is 338 g/mol. The predicted molar refractivity (Wildman–Crippen MR) is 83.7 cm³/mol. The number of hydrogen-bond donors (Lipinski definition) is 1. The van der Waals surface area contributed by atoms with Gasteiger partial charge in [-0.25, -0.2) is 18.0 Å². The van der Waals surface area contributed by atoms with Crippen LogP contribution < -0.4 is 5.32 Å². The van der Waals surface area contributed by atoms with Crippen LogP contribution >= 0.6 is 11.8 Å². The quantitative estimate of drug-likeness (QED) is 0.881. The molecule has 0 aromatic heterocycles. The van der Waals surface area contributed by atoms with Crippen molar-refractivity contribution >= 4 is 23.5 Å². The Morgan fingerprint density at radius 1 is 1.13 bits per heavy atom. The molecule has 7 heteroatoms. The third-order valence-corrected chi connectivity index (χ3v) is 4.72. The number of halogens is 3. The van der Waals surface area contributed by atoms with Crippen molar-refractivity contribution in [2.75, 3.05) is 17.6 Å². The Kier molecular flexibility index (Phi) is 4.47. The van der Waals surface area contributed by atoms with Crippen LogP contribution in [0.4, 0.5) is 23.7 Å². The van der Waals surface area contributed by atoms with Gasteiger partial charge in [-0.05, 0) is 29.8 Å². The molecule has 0 bridgehead atoms. The summed E-state index contributed by atoms with van der Waals surface area (Å²) in [5.41, 5.74) is 0.858. The summed E-state index contributed by atoms with van der Waals surface area (Å²) < 4.78 is 39.5. The van der Waals surface area contributed by atoms with Crippen LogP contribution in [0.5, 0.6) is 0 Å². The van der Waals surface area contributed by atoms with Gasteiger partial charge in [0, 0.05) is 24.1 Å². The molecule has 2 aromatic rings. The smallest absolute Gasteiger partial charge is 0.308 e. The predicted octanol–water partition coefficient (Wildman–Crippen LogP) is 4.38. The number of carbonyl (C=O) groups excluding carboxylic acids is 1. The fourth-order valence-electron chi connectivity index (χ4n) is 2.38. The molecule has 2 aromatic carbocycles. The Morgan fingerprint density at radius 2 is 1.96 bits per heavy atom. The summed E-state index contributed by atoms with van der Waals surface area (Å²) in [6.07, 6.45) is 0. The summed E-state index contributed by atoms with van der Waals surface area (Å²) in [6.45, 7) is 0.487. The van der Waals surface area contributed by atoms with Gasteiger partial charge in [0.25, 0.3) is 0 Å². The Morgan fingerprint density at radius 3 is 2.70 bits per heavy atom. The summed E-state index contributed by atoms with van der Waals surface area (Å²) in [7, 11) is 0. The van der Waals surface area contributed by atoms with Gasteiger partial charge in [-0.1, -0.05) is 12.1 Å². The van der Waals surface area contributed by atoms with Gasteiger partial charge in [0.15, 0.2) is 11.6 Å². The van der Waals surface area contributed by atoms with Gasteiger partial charge >= 0.3 is 6.03 Å². The van der Waals surface area contributed by atoms with E-state index >= 15 is 0 Å². The maximum atomic E-state index is 13.4. The zero-order chi connectivity index (χ0) is 16.4. The normalized spacial score (nSPS) is 17.3. The molecule has 1 N–H and O–H groups in total. The molecule has 1 aliphatic rings. The third kappa shape index (κ3) is 3.44. The summed E-state index contributed by atoms with van der Waals surface area (Å²) in [6, 6.07) is 8.81. The minimum Gasteiger partial charge on any atom is -0.308 e. The molecule has 0 saturated carbocycles. The van der Waals surface area contributed by atoms with Crippen molar-refractivity contribution in [3.05, 3.63) is 65.5 Å². The van der Waals surface area contributed by atoms with Gasteiger partial charge in [0.05, 0.1) is 0 Å². The first-order valence-corrected chi connectivity index (χ1v) is 7.99. The molecule has 1 aliphatic heterocycles. The third-order valence-electron chi connectivity index (χ3n) is 3.46. The molecule has 0 radical (unpaired) electrons. The highest BCUT2D eigenvalue weighted by molar-refractivity contribution is 7.99. The van der Waals surface area contributed by atoms with Crippen LogP contribution in [0.15, 0.2) is 42.5 Å². The molecular weight excluding hydrogens is 325 g/mol. The van der Waals surface area contributed by atoms with E-state index in [1.165, 1.54) is 30.0 Å². The molecule has 1 atom stereocenters. The van der Waals surface area contributed by atoms with Crippen LogP contribution in [-0.2, 0) is 0 Å². The van der Waals surface area contributed by atoms with Crippen LogP contribution in [0.1, 0.15) is 10.9 Å². The Labute approximate surface area is 135 Å². The minimum atomic E-state index is -1.03. The van der Waals surface area contributed by atoms with Crippen LogP contribution in [0, 0.1) is 17.5 Å². The maximum absolute atomic E-state index is 13.4. The van der Waals surface area contributed by atoms with E-state index in [1.807, 2.05) is 0 Å². The average molecular weight is 338 g/mol. The molecule has 0 spiro atoms. The van der Waals surface area contributed by atoms with Gasteiger partial charge in [-0.3, -0.25) is 0 Å². The van der Waals surface area contributed by atoms with Crippen molar-refractivity contribution in [3.8, 4) is 0 Å². The molecule has 1 unspecified atom stereocenters. The molecular formula is C16H13F3N2OS. The highest BCUT2D eigenvalue weighted by atomic mass is 32.2. The van der Waals surface area contributed by atoms with Crippen LogP contribution in [0.3, 0.4) is 0 Å². The van der Waals surface area contributed by atoms with E-state index in [2.05, 4.69) is 5.32 Å². The molecule has 120 valence electrons. The van der Waals surface area contributed by atoms with Gasteiger partial charge < -0.3 is 10.2 Å². The van der Waals surface area contributed by atoms with E-state index in [9.17, 15) is 18.0 Å². The number of carbonyl (C=O) groups is 1. The van der Waals surface area contributed by atoms with Gasteiger partial charge in [-0.2, -0.15) is 0 Å². The zero-order valence-corrected chi connectivity index (χ0v) is 12.7. The SMILES string of the molecule is O=C(Nc1ccc(F)c(F)c1)N1CCSC1c1cccc(F)c1. The van der Waals surface area contributed by atoms with Gasteiger partial charge in [-0.15, -0.1) is 11.8 Å². The molecule has 23 heavy (non-hydrogen) atoms. The van der Waals surface area contributed by atoms with Crippen molar-refractivity contribution in [2.45, 2.75) is 5.37 Å². The Hall–Kier alpha value is -2.15. The lowest BCUT2D eigenvalue weighted by Crippen LogP contribution is -2.34. The number of urea groups is 1. The van der Waals surface area contributed by atoms with Crippen LogP contribution in [0.25, 0.3) is 0 Å². The number of hydrogen-bond acceptors (Lipinski definition) is 2. The van der Waals surface area contributed by atoms with E-state index in [1.54, 1.807) is 17.0 Å². The second kappa shape index (κ2) is 6.54. The van der Waals surface area contributed by atoms with E-state index in [0.29, 0.717) is 17.9 Å². The largest absolute Gasteiger partial charge is 0.323 e. The standard InChI is InChI=1S/C16H13F3N2OS/c17-11-3-1-2-10(8-11)15-21(6-7-23-15)16(22)20-12-4-5-13(18)14(19)9-12/h1-5,8-9,15H,6-7H2,(H,20,22). The van der Waals surface area contributed by atoms with E-state index < -0.39 is 17.7 Å². The zero-order valence-electron chi connectivity index (χ0n) is 11.9. The van der Waals surface area contributed by atoms with Crippen LogP contribution in [0.2, 0.25) is 0 Å². The molecule has 3 rings (SSSR count). The highest BCUT2D eigenvalue weighted by Gasteiger charge is 2.31. The van der Waals surface area contributed by atoms with E-state index in [-0.39, 0.29) is 16.9 Å². The number of nitrogens with one attached hydrogen (secondary N) is 1. The van der Waals surface area contributed by atoms with Gasteiger partial charge in [0.1, 0.15) is 11.2 Å². The first-order valence-electron chi connectivity index (χ1n) is 6.94. The minimum absolute atomic E-state index is 0.170. The van der Waals surface area contributed by atoms with E-state index in [4.69, 9.17) is 0 Å². The summed E-state index contributed by atoms with van der Waals surface area (Å²) >= 11 is 1.52. The number of rotatable bonds is 2. The first kappa shape index (κ1) is 15.7. The summed E-state index contributed by atoms with van der Waals surface area (Å²) in [4.78, 5) is 13.9. The number of amides is 2. The van der Waals surface area contributed by atoms with Crippen molar-refractivity contribution in [3.63, 3.8) is 0 Å². The molecule has 1 heterocycles. The lowest BCUT2D eigenvalue weighted by molar-refractivity contribution is 0.214. The molecule has 1 saturated heterocycles. The Balaban J connectivity index is 1.76. The molecule has 2 amide bonds.